The Morgan fingerprint density at radius 3 is 2.92 bits per heavy atom. The van der Waals surface area contributed by atoms with Crippen LogP contribution < -0.4 is 15.4 Å². The highest BCUT2D eigenvalue weighted by molar-refractivity contribution is 5.95. The molecule has 1 aliphatic rings. The maximum absolute atomic E-state index is 12.4. The van der Waals surface area contributed by atoms with Crippen LogP contribution in [0.4, 0.5) is 5.69 Å². The van der Waals surface area contributed by atoms with Crippen LogP contribution in [0, 0.1) is 6.92 Å². The molecule has 2 aromatic rings. The van der Waals surface area contributed by atoms with Crippen LogP contribution in [0.25, 0.3) is 0 Å². The van der Waals surface area contributed by atoms with E-state index in [9.17, 15) is 4.79 Å². The van der Waals surface area contributed by atoms with E-state index in [1.807, 2.05) is 43.3 Å². The second-order valence-electron chi connectivity index (χ2n) is 6.24. The van der Waals surface area contributed by atoms with Crippen molar-refractivity contribution in [3.63, 3.8) is 0 Å². The van der Waals surface area contributed by atoms with Gasteiger partial charge in [0.05, 0.1) is 12.7 Å². The number of hydrogen-bond donors (Lipinski definition) is 2. The summed E-state index contributed by atoms with van der Waals surface area (Å²) in [6.45, 7) is 5.78. The minimum atomic E-state index is -0.342. The molecule has 0 aromatic heterocycles. The summed E-state index contributed by atoms with van der Waals surface area (Å²) in [5, 5.41) is 6.12. The summed E-state index contributed by atoms with van der Waals surface area (Å²) in [6, 6.07) is 15.2. The molecule has 1 amide bonds. The first-order valence-electron chi connectivity index (χ1n) is 8.57. The quantitative estimate of drug-likeness (QED) is 0.879. The molecule has 0 bridgehead atoms. The van der Waals surface area contributed by atoms with Gasteiger partial charge in [-0.1, -0.05) is 30.3 Å². The number of aryl methyl sites for hydroxylation is 1. The normalized spacial score (nSPS) is 20.1. The summed E-state index contributed by atoms with van der Waals surface area (Å²) in [7, 11) is 0. The van der Waals surface area contributed by atoms with Crippen LogP contribution in [-0.2, 0) is 16.1 Å². The number of morpholine rings is 1. The van der Waals surface area contributed by atoms with Crippen LogP contribution in [-0.4, -0.2) is 31.2 Å². The molecule has 5 nitrogen and oxygen atoms in total. The lowest BCUT2D eigenvalue weighted by molar-refractivity contribution is -0.123. The van der Waals surface area contributed by atoms with Gasteiger partial charge < -0.3 is 20.1 Å². The largest absolute Gasteiger partial charge is 0.489 e. The van der Waals surface area contributed by atoms with E-state index in [0.29, 0.717) is 25.4 Å². The van der Waals surface area contributed by atoms with Crippen molar-refractivity contribution in [1.82, 2.24) is 5.32 Å². The molecular weight excluding hydrogens is 316 g/mol. The number of anilines is 1. The Morgan fingerprint density at radius 2 is 2.12 bits per heavy atom. The van der Waals surface area contributed by atoms with E-state index in [2.05, 4.69) is 29.7 Å². The predicted octanol–water partition coefficient (Wildman–Crippen LogP) is 2.89. The van der Waals surface area contributed by atoms with Crippen LogP contribution in [0.1, 0.15) is 18.1 Å². The van der Waals surface area contributed by atoms with Gasteiger partial charge in [-0.15, -0.1) is 0 Å². The molecule has 0 spiro atoms. The van der Waals surface area contributed by atoms with Crippen molar-refractivity contribution in [3.8, 4) is 5.75 Å². The molecule has 2 N–H and O–H groups in total. The summed E-state index contributed by atoms with van der Waals surface area (Å²) in [5.41, 5.74) is 3.06. The molecule has 1 heterocycles. The van der Waals surface area contributed by atoms with Crippen LogP contribution >= 0.6 is 0 Å². The Bertz CT molecular complexity index is 732. The first kappa shape index (κ1) is 17.5. The molecule has 1 aliphatic heterocycles. The van der Waals surface area contributed by atoms with Gasteiger partial charge in [0.15, 0.2) is 0 Å². The van der Waals surface area contributed by atoms with E-state index < -0.39 is 0 Å². The average molecular weight is 340 g/mol. The Balaban J connectivity index is 1.61. The van der Waals surface area contributed by atoms with E-state index >= 15 is 0 Å². The smallest absolute Gasteiger partial charge is 0.244 e. The number of benzene rings is 2. The maximum atomic E-state index is 12.4. The zero-order valence-corrected chi connectivity index (χ0v) is 14.6. The van der Waals surface area contributed by atoms with Crippen LogP contribution in [0.15, 0.2) is 48.5 Å². The van der Waals surface area contributed by atoms with Gasteiger partial charge in [-0.05, 0) is 37.1 Å². The van der Waals surface area contributed by atoms with E-state index in [1.54, 1.807) is 0 Å². The molecule has 132 valence electrons. The van der Waals surface area contributed by atoms with Crippen molar-refractivity contribution < 1.29 is 14.3 Å². The monoisotopic (exact) mass is 340 g/mol. The first-order chi connectivity index (χ1) is 12.1. The number of amides is 1. The molecule has 25 heavy (non-hydrogen) atoms. The van der Waals surface area contributed by atoms with Gasteiger partial charge in [-0.3, -0.25) is 4.79 Å². The Morgan fingerprint density at radius 1 is 1.28 bits per heavy atom. The third-order valence-corrected chi connectivity index (χ3v) is 4.36. The zero-order chi connectivity index (χ0) is 17.6. The standard InChI is InChI=1S/C20H24N2O3/c1-14-6-3-4-7-16(14)13-25-18-9-5-8-17(12-18)22-20(23)19-15(2)24-11-10-21-19/h3-9,12,15,19,21H,10-11,13H2,1-2H3,(H,22,23)/t15-,19+/m1/s1. The van der Waals surface area contributed by atoms with Crippen molar-refractivity contribution in [2.45, 2.75) is 32.6 Å². The number of carbonyl (C=O) groups is 1. The maximum Gasteiger partial charge on any atom is 0.244 e. The van der Waals surface area contributed by atoms with Crippen LogP contribution in [0.3, 0.4) is 0 Å². The summed E-state index contributed by atoms with van der Waals surface area (Å²) in [4.78, 5) is 12.4. The molecule has 5 heteroatoms. The fourth-order valence-corrected chi connectivity index (χ4v) is 2.84. The summed E-state index contributed by atoms with van der Waals surface area (Å²) < 4.78 is 11.4. The number of nitrogens with one attached hydrogen (secondary N) is 2. The molecule has 2 atom stereocenters. The van der Waals surface area contributed by atoms with Crippen molar-refractivity contribution in [3.05, 3.63) is 59.7 Å². The molecule has 0 saturated carbocycles. The van der Waals surface area contributed by atoms with Crippen molar-refractivity contribution in [2.75, 3.05) is 18.5 Å². The molecule has 2 aromatic carbocycles. The Hall–Kier alpha value is -2.37. The molecule has 0 aliphatic carbocycles. The molecule has 0 unspecified atom stereocenters. The fraction of sp³-hybridized carbons (Fsp3) is 0.350. The minimum Gasteiger partial charge on any atom is -0.489 e. The highest BCUT2D eigenvalue weighted by Crippen LogP contribution is 2.20. The van der Waals surface area contributed by atoms with Crippen LogP contribution in [0.2, 0.25) is 0 Å². The van der Waals surface area contributed by atoms with Gasteiger partial charge in [-0.25, -0.2) is 0 Å². The predicted molar refractivity (Wildman–Crippen MR) is 97.8 cm³/mol. The van der Waals surface area contributed by atoms with Crippen molar-refractivity contribution in [2.24, 2.45) is 0 Å². The van der Waals surface area contributed by atoms with Gasteiger partial charge in [0.1, 0.15) is 18.4 Å². The third-order valence-electron chi connectivity index (χ3n) is 4.36. The first-order valence-corrected chi connectivity index (χ1v) is 8.57. The van der Waals surface area contributed by atoms with Gasteiger partial charge in [0, 0.05) is 18.3 Å². The summed E-state index contributed by atoms with van der Waals surface area (Å²) >= 11 is 0. The zero-order valence-electron chi connectivity index (χ0n) is 14.6. The Kier molecular flexibility index (Phi) is 5.68. The number of carbonyl (C=O) groups excluding carboxylic acids is 1. The van der Waals surface area contributed by atoms with E-state index in [1.165, 1.54) is 5.56 Å². The fourth-order valence-electron chi connectivity index (χ4n) is 2.84. The topological polar surface area (TPSA) is 59.6 Å². The van der Waals surface area contributed by atoms with Crippen LogP contribution in [0.5, 0.6) is 5.75 Å². The lowest BCUT2D eigenvalue weighted by Crippen LogP contribution is -2.53. The van der Waals surface area contributed by atoms with Gasteiger partial charge >= 0.3 is 0 Å². The van der Waals surface area contributed by atoms with E-state index in [-0.39, 0.29) is 18.1 Å². The van der Waals surface area contributed by atoms with Crippen molar-refractivity contribution >= 4 is 11.6 Å². The molecule has 3 rings (SSSR count). The van der Waals surface area contributed by atoms with Gasteiger partial charge in [-0.2, -0.15) is 0 Å². The summed E-state index contributed by atoms with van der Waals surface area (Å²) in [5.74, 6) is 0.630. The molecule has 1 fully saturated rings. The highest BCUT2D eigenvalue weighted by Gasteiger charge is 2.28. The number of rotatable bonds is 5. The minimum absolute atomic E-state index is 0.0942. The van der Waals surface area contributed by atoms with E-state index in [0.717, 1.165) is 11.3 Å². The molecule has 1 saturated heterocycles. The second-order valence-corrected chi connectivity index (χ2v) is 6.24. The number of hydrogen-bond acceptors (Lipinski definition) is 4. The molecule has 0 radical (unpaired) electrons. The lowest BCUT2D eigenvalue weighted by atomic mass is 10.1. The van der Waals surface area contributed by atoms with Gasteiger partial charge in [0.2, 0.25) is 5.91 Å². The van der Waals surface area contributed by atoms with E-state index in [4.69, 9.17) is 9.47 Å². The third kappa shape index (κ3) is 4.59. The second kappa shape index (κ2) is 8.14. The Labute approximate surface area is 148 Å². The highest BCUT2D eigenvalue weighted by atomic mass is 16.5. The lowest BCUT2D eigenvalue weighted by Gasteiger charge is -2.29. The summed E-state index contributed by atoms with van der Waals surface area (Å²) in [6.07, 6.45) is -0.144. The van der Waals surface area contributed by atoms with Gasteiger partial charge in [0.25, 0.3) is 0 Å². The SMILES string of the molecule is Cc1ccccc1COc1cccc(NC(=O)[C@H]2NCCO[C@@H]2C)c1. The number of ether oxygens (including phenoxy) is 2. The van der Waals surface area contributed by atoms with Crippen molar-refractivity contribution in [1.29, 1.82) is 0 Å². The average Bonchev–Trinajstić information content (AvgIpc) is 2.62. The molecular formula is C20H24N2O3.